The Morgan fingerprint density at radius 3 is 2.93 bits per heavy atom. The summed E-state index contributed by atoms with van der Waals surface area (Å²) in [6.07, 6.45) is 2.69. The first-order valence-corrected chi connectivity index (χ1v) is 8.31. The van der Waals surface area contributed by atoms with Gasteiger partial charge in [0.2, 0.25) is 5.75 Å². The van der Waals surface area contributed by atoms with Gasteiger partial charge in [-0.1, -0.05) is 0 Å². The summed E-state index contributed by atoms with van der Waals surface area (Å²) in [5.41, 5.74) is 1.02. The molecule has 0 saturated carbocycles. The number of nitrogens with zero attached hydrogens (tertiary/aromatic N) is 4. The largest absolute Gasteiger partial charge is 0.502 e. The van der Waals surface area contributed by atoms with Gasteiger partial charge in [0.25, 0.3) is 0 Å². The molecule has 11 heteroatoms. The van der Waals surface area contributed by atoms with Crippen LogP contribution in [0.25, 0.3) is 11.2 Å². The first-order valence-electron chi connectivity index (χ1n) is 8.31. The molecule has 4 rings (SSSR count). The van der Waals surface area contributed by atoms with Crippen LogP contribution in [0.2, 0.25) is 0 Å². The standard InChI is InChI=1S/C16H19N5O6/c1-25-11-5-26-9(14(11)24)3-17-15-13-16(19-6-18-15)21(7-20-13)12-2-8(23)10(4-22)27-12/h5-8,10,12,22-24H,2-4H2,1H3,(H,17,18,19)/t8-,10+,12?/m0/s1. The number of aliphatic hydroxyl groups is 2. The van der Waals surface area contributed by atoms with E-state index in [2.05, 4.69) is 20.3 Å². The van der Waals surface area contributed by atoms with Gasteiger partial charge in [-0.25, -0.2) is 15.0 Å². The van der Waals surface area contributed by atoms with Gasteiger partial charge in [0.1, 0.15) is 24.9 Å². The molecule has 3 aromatic rings. The maximum absolute atomic E-state index is 9.97. The number of aromatic hydroxyl groups is 1. The van der Waals surface area contributed by atoms with Crippen molar-refractivity contribution in [2.24, 2.45) is 0 Å². The predicted octanol–water partition coefficient (Wildman–Crippen LogP) is 0.386. The van der Waals surface area contributed by atoms with E-state index in [1.807, 2.05) is 0 Å². The molecular formula is C16H19N5O6. The fraction of sp³-hybridized carbons (Fsp3) is 0.438. The van der Waals surface area contributed by atoms with Crippen molar-refractivity contribution in [1.29, 1.82) is 0 Å². The van der Waals surface area contributed by atoms with E-state index in [-0.39, 0.29) is 24.7 Å². The average Bonchev–Trinajstić information content (AvgIpc) is 3.36. The number of nitrogens with one attached hydrogen (secondary N) is 1. The van der Waals surface area contributed by atoms with Gasteiger partial charge in [0.05, 0.1) is 32.7 Å². The second kappa shape index (κ2) is 7.02. The minimum atomic E-state index is -0.756. The molecule has 0 aromatic carbocycles. The number of aliphatic hydroxyl groups excluding tert-OH is 2. The smallest absolute Gasteiger partial charge is 0.202 e. The zero-order valence-electron chi connectivity index (χ0n) is 14.4. The Kier molecular flexibility index (Phi) is 4.56. The Labute approximate surface area is 153 Å². The van der Waals surface area contributed by atoms with E-state index in [0.29, 0.717) is 29.2 Å². The van der Waals surface area contributed by atoms with Crippen molar-refractivity contribution in [1.82, 2.24) is 19.5 Å². The average molecular weight is 377 g/mol. The van der Waals surface area contributed by atoms with Crippen molar-refractivity contribution in [2.75, 3.05) is 19.0 Å². The van der Waals surface area contributed by atoms with Gasteiger partial charge >= 0.3 is 0 Å². The van der Waals surface area contributed by atoms with Gasteiger partial charge in [0, 0.05) is 6.42 Å². The lowest BCUT2D eigenvalue weighted by Crippen LogP contribution is -2.24. The Bertz CT molecular complexity index is 941. The van der Waals surface area contributed by atoms with E-state index in [9.17, 15) is 15.3 Å². The van der Waals surface area contributed by atoms with Gasteiger partial charge in [-0.05, 0) is 0 Å². The van der Waals surface area contributed by atoms with Gasteiger partial charge < -0.3 is 34.5 Å². The second-order valence-electron chi connectivity index (χ2n) is 6.09. The van der Waals surface area contributed by atoms with Crippen molar-refractivity contribution in [3.63, 3.8) is 0 Å². The molecule has 1 saturated heterocycles. The summed E-state index contributed by atoms with van der Waals surface area (Å²) in [7, 11) is 1.44. The van der Waals surface area contributed by atoms with Gasteiger partial charge in [-0.15, -0.1) is 0 Å². The predicted molar refractivity (Wildman–Crippen MR) is 91.2 cm³/mol. The molecule has 0 aliphatic carbocycles. The quantitative estimate of drug-likeness (QED) is 0.475. The topological polar surface area (TPSA) is 148 Å². The van der Waals surface area contributed by atoms with Crippen LogP contribution < -0.4 is 10.1 Å². The molecule has 0 amide bonds. The van der Waals surface area contributed by atoms with Crippen molar-refractivity contribution in [3.05, 3.63) is 24.7 Å². The van der Waals surface area contributed by atoms with E-state index in [0.717, 1.165) is 0 Å². The molecule has 0 spiro atoms. The lowest BCUT2D eigenvalue weighted by Gasteiger charge is -2.13. The van der Waals surface area contributed by atoms with E-state index in [1.54, 1.807) is 10.9 Å². The summed E-state index contributed by atoms with van der Waals surface area (Å²) in [6, 6.07) is 0. The fourth-order valence-corrected chi connectivity index (χ4v) is 3.05. The summed E-state index contributed by atoms with van der Waals surface area (Å²) in [4.78, 5) is 12.8. The third-order valence-electron chi connectivity index (χ3n) is 4.50. The van der Waals surface area contributed by atoms with E-state index >= 15 is 0 Å². The number of hydrogen-bond acceptors (Lipinski definition) is 10. The zero-order chi connectivity index (χ0) is 19.0. The Morgan fingerprint density at radius 1 is 1.37 bits per heavy atom. The lowest BCUT2D eigenvalue weighted by atomic mass is 10.2. The minimum absolute atomic E-state index is 0.0794. The number of anilines is 1. The zero-order valence-corrected chi connectivity index (χ0v) is 14.4. The summed E-state index contributed by atoms with van der Waals surface area (Å²) in [6.45, 7) is -0.0957. The third-order valence-corrected chi connectivity index (χ3v) is 4.50. The van der Waals surface area contributed by atoms with E-state index in [4.69, 9.17) is 13.9 Å². The van der Waals surface area contributed by atoms with Gasteiger partial charge in [-0.3, -0.25) is 4.57 Å². The van der Waals surface area contributed by atoms with Crippen LogP contribution in [0, 0.1) is 0 Å². The molecule has 1 unspecified atom stereocenters. The molecule has 11 nitrogen and oxygen atoms in total. The maximum atomic E-state index is 9.97. The highest BCUT2D eigenvalue weighted by Crippen LogP contribution is 2.33. The van der Waals surface area contributed by atoms with Gasteiger partial charge in [-0.2, -0.15) is 0 Å². The number of aromatic nitrogens is 4. The summed E-state index contributed by atoms with van der Waals surface area (Å²) in [5, 5.41) is 32.2. The second-order valence-corrected chi connectivity index (χ2v) is 6.09. The van der Waals surface area contributed by atoms with Crippen LogP contribution in [-0.4, -0.2) is 60.8 Å². The van der Waals surface area contributed by atoms with Crippen molar-refractivity contribution in [3.8, 4) is 11.5 Å². The molecule has 3 atom stereocenters. The molecule has 0 radical (unpaired) electrons. The lowest BCUT2D eigenvalue weighted by molar-refractivity contribution is -0.0432. The SMILES string of the molecule is COc1coc(CNc2ncnc3c2ncn3C2C[C@H](O)[C@@H](CO)O2)c1O. The van der Waals surface area contributed by atoms with Crippen LogP contribution in [0.1, 0.15) is 18.4 Å². The van der Waals surface area contributed by atoms with Crippen molar-refractivity contribution < 1.29 is 29.2 Å². The molecule has 3 aromatic heterocycles. The highest BCUT2D eigenvalue weighted by molar-refractivity contribution is 5.82. The minimum Gasteiger partial charge on any atom is -0.502 e. The first kappa shape index (κ1) is 17.5. The normalized spacial score (nSPS) is 22.4. The molecule has 27 heavy (non-hydrogen) atoms. The van der Waals surface area contributed by atoms with Crippen LogP contribution in [0.15, 0.2) is 23.3 Å². The van der Waals surface area contributed by atoms with Crippen LogP contribution >= 0.6 is 0 Å². The van der Waals surface area contributed by atoms with E-state index in [1.165, 1.54) is 19.7 Å². The maximum Gasteiger partial charge on any atom is 0.202 e. The number of methoxy groups -OCH3 is 1. The number of rotatable bonds is 6. The molecule has 4 heterocycles. The molecule has 1 fully saturated rings. The molecule has 1 aliphatic heterocycles. The van der Waals surface area contributed by atoms with Crippen molar-refractivity contribution >= 4 is 17.0 Å². The third kappa shape index (κ3) is 3.05. The van der Waals surface area contributed by atoms with Crippen molar-refractivity contribution in [2.45, 2.75) is 31.4 Å². The Morgan fingerprint density at radius 2 is 2.22 bits per heavy atom. The molecule has 144 valence electrons. The number of ether oxygens (including phenoxy) is 2. The first-order chi connectivity index (χ1) is 13.1. The molecule has 0 bridgehead atoms. The number of furan rings is 1. The monoisotopic (exact) mass is 377 g/mol. The fourth-order valence-electron chi connectivity index (χ4n) is 3.05. The number of fused-ring (bicyclic) bond motifs is 1. The van der Waals surface area contributed by atoms with Crippen LogP contribution in [0.4, 0.5) is 5.82 Å². The Hall–Kier alpha value is -2.89. The summed E-state index contributed by atoms with van der Waals surface area (Å²) in [5.74, 6) is 0.917. The summed E-state index contributed by atoms with van der Waals surface area (Å²) < 4.78 is 17.6. The molecular weight excluding hydrogens is 358 g/mol. The number of imidazole rings is 1. The highest BCUT2D eigenvalue weighted by Gasteiger charge is 2.35. The molecule has 4 N–H and O–H groups in total. The van der Waals surface area contributed by atoms with Crippen LogP contribution in [0.5, 0.6) is 11.5 Å². The van der Waals surface area contributed by atoms with E-state index < -0.39 is 18.4 Å². The molecule has 1 aliphatic rings. The number of hydrogen-bond donors (Lipinski definition) is 4. The van der Waals surface area contributed by atoms with Gasteiger partial charge in [0.15, 0.2) is 28.5 Å². The van der Waals surface area contributed by atoms with Crippen LogP contribution in [0.3, 0.4) is 0 Å². The summed E-state index contributed by atoms with van der Waals surface area (Å²) >= 11 is 0. The Balaban J connectivity index is 1.56. The van der Waals surface area contributed by atoms with Crippen LogP contribution in [-0.2, 0) is 11.3 Å². The highest BCUT2D eigenvalue weighted by atomic mass is 16.5.